The summed E-state index contributed by atoms with van der Waals surface area (Å²) in [4.78, 5) is 32.2. The number of nitrogens with one attached hydrogen (secondary N) is 1. The van der Waals surface area contributed by atoms with Crippen LogP contribution < -0.4 is 5.32 Å². The smallest absolute Gasteiger partial charge is 0.343 e. The van der Waals surface area contributed by atoms with Crippen LogP contribution in [-0.4, -0.2) is 51.1 Å². The molecule has 4 aromatic rings. The predicted octanol–water partition coefficient (Wildman–Crippen LogP) is 5.26. The first-order chi connectivity index (χ1) is 18.4. The van der Waals surface area contributed by atoms with E-state index in [1.165, 1.54) is 35.1 Å². The van der Waals surface area contributed by atoms with E-state index in [4.69, 9.17) is 4.74 Å². The summed E-state index contributed by atoms with van der Waals surface area (Å²) in [7, 11) is 0. The largest absolute Gasteiger partial charge is 0.462 e. The molecule has 0 spiro atoms. The molecule has 1 amide bonds. The number of hydrogen-bond donors (Lipinski definition) is 1. The lowest BCUT2D eigenvalue weighted by atomic mass is 9.89. The number of carbonyl (C=O) groups excluding carboxylic acids is 2. The van der Waals surface area contributed by atoms with E-state index < -0.39 is 11.8 Å². The van der Waals surface area contributed by atoms with E-state index in [1.807, 2.05) is 6.92 Å². The normalized spacial score (nSPS) is 14.1. The van der Waals surface area contributed by atoms with Crippen LogP contribution in [0.25, 0.3) is 5.65 Å². The molecule has 1 fully saturated rings. The number of likely N-dealkylation sites (tertiary alicyclic amines) is 1. The van der Waals surface area contributed by atoms with Crippen LogP contribution in [0.1, 0.15) is 57.5 Å². The number of aryl methyl sites for hydroxylation is 1. The SMILES string of the molecule is CCOC(=O)c1cnn2c(Nc3cc(C)ccc3F)c(C(=O)N3CCC(c4ccc(F)cc4)CC3)cnc12. The second-order valence-corrected chi connectivity index (χ2v) is 9.26. The van der Waals surface area contributed by atoms with Crippen molar-refractivity contribution in [3.8, 4) is 0 Å². The first-order valence-electron chi connectivity index (χ1n) is 12.5. The highest BCUT2D eigenvalue weighted by molar-refractivity contribution is 6.01. The van der Waals surface area contributed by atoms with E-state index in [2.05, 4.69) is 15.4 Å². The van der Waals surface area contributed by atoms with Gasteiger partial charge in [-0.1, -0.05) is 18.2 Å². The zero-order valence-corrected chi connectivity index (χ0v) is 21.1. The number of esters is 1. The molecule has 1 saturated heterocycles. The predicted molar refractivity (Wildman–Crippen MR) is 138 cm³/mol. The van der Waals surface area contributed by atoms with Gasteiger partial charge in [0.05, 0.1) is 18.5 Å². The molecule has 1 aliphatic heterocycles. The Morgan fingerprint density at radius 2 is 1.79 bits per heavy atom. The van der Waals surface area contributed by atoms with Crippen molar-refractivity contribution in [1.29, 1.82) is 0 Å². The zero-order valence-electron chi connectivity index (χ0n) is 21.1. The monoisotopic (exact) mass is 519 g/mol. The molecule has 38 heavy (non-hydrogen) atoms. The van der Waals surface area contributed by atoms with Crippen molar-refractivity contribution in [2.45, 2.75) is 32.6 Å². The number of ether oxygens (including phenoxy) is 1. The first-order valence-corrected chi connectivity index (χ1v) is 12.5. The second-order valence-electron chi connectivity index (χ2n) is 9.26. The van der Waals surface area contributed by atoms with Gasteiger partial charge in [-0.25, -0.2) is 18.6 Å². The van der Waals surface area contributed by atoms with Gasteiger partial charge in [-0.15, -0.1) is 0 Å². The number of carbonyl (C=O) groups is 2. The van der Waals surface area contributed by atoms with Crippen molar-refractivity contribution < 1.29 is 23.1 Å². The lowest BCUT2D eigenvalue weighted by Crippen LogP contribution is -2.38. The fourth-order valence-electron chi connectivity index (χ4n) is 4.74. The molecule has 0 atom stereocenters. The number of nitrogens with zero attached hydrogens (tertiary/aromatic N) is 4. The molecular weight excluding hydrogens is 492 g/mol. The highest BCUT2D eigenvalue weighted by Crippen LogP contribution is 2.31. The quantitative estimate of drug-likeness (QED) is 0.350. The number of anilines is 2. The van der Waals surface area contributed by atoms with Crippen molar-refractivity contribution in [2.24, 2.45) is 0 Å². The highest BCUT2D eigenvalue weighted by atomic mass is 19.1. The van der Waals surface area contributed by atoms with Gasteiger partial charge in [0.25, 0.3) is 5.91 Å². The van der Waals surface area contributed by atoms with Crippen molar-refractivity contribution >= 4 is 29.0 Å². The molecule has 0 aliphatic carbocycles. The van der Waals surface area contributed by atoms with E-state index >= 15 is 0 Å². The molecule has 0 unspecified atom stereocenters. The Balaban J connectivity index is 1.48. The number of fused-ring (bicyclic) bond motifs is 1. The summed E-state index contributed by atoms with van der Waals surface area (Å²) in [5.74, 6) is -1.25. The molecule has 8 nitrogen and oxygen atoms in total. The van der Waals surface area contributed by atoms with E-state index in [9.17, 15) is 18.4 Å². The average Bonchev–Trinajstić information content (AvgIpc) is 3.36. The number of benzene rings is 2. The standard InChI is InChI=1S/C28H27F2N5O3/c1-3-38-28(37)22-16-32-35-25(22)31-15-21(26(35)33-24-14-17(2)4-9-23(24)30)27(36)34-12-10-19(11-13-34)18-5-7-20(29)8-6-18/h4-9,14-16,19,33H,3,10-13H2,1-2H3. The number of aromatic nitrogens is 3. The molecular formula is C28H27F2N5O3. The first kappa shape index (κ1) is 25.3. The minimum atomic E-state index is -0.593. The summed E-state index contributed by atoms with van der Waals surface area (Å²) in [6, 6.07) is 11.1. The lowest BCUT2D eigenvalue weighted by Gasteiger charge is -2.32. The van der Waals surface area contributed by atoms with Crippen LogP contribution in [0, 0.1) is 18.6 Å². The van der Waals surface area contributed by atoms with Crippen LogP contribution in [0.5, 0.6) is 0 Å². The van der Waals surface area contributed by atoms with Gasteiger partial charge in [0.15, 0.2) is 5.65 Å². The summed E-state index contributed by atoms with van der Waals surface area (Å²) in [6.45, 7) is 4.69. The van der Waals surface area contributed by atoms with Crippen molar-refractivity contribution in [2.75, 3.05) is 25.0 Å². The van der Waals surface area contributed by atoms with Gasteiger partial charge in [0.1, 0.15) is 28.6 Å². The lowest BCUT2D eigenvalue weighted by molar-refractivity contribution is 0.0528. The van der Waals surface area contributed by atoms with Crippen molar-refractivity contribution in [3.05, 3.63) is 88.7 Å². The highest BCUT2D eigenvalue weighted by Gasteiger charge is 2.29. The van der Waals surface area contributed by atoms with Gasteiger partial charge in [-0.2, -0.15) is 9.61 Å². The maximum atomic E-state index is 14.7. The zero-order chi connectivity index (χ0) is 26.8. The van der Waals surface area contributed by atoms with Gasteiger partial charge in [0, 0.05) is 19.3 Å². The minimum absolute atomic E-state index is 0.138. The Morgan fingerprint density at radius 3 is 2.50 bits per heavy atom. The number of hydrogen-bond acceptors (Lipinski definition) is 6. The summed E-state index contributed by atoms with van der Waals surface area (Å²) >= 11 is 0. The summed E-state index contributed by atoms with van der Waals surface area (Å²) < 4.78 is 34.5. The molecule has 1 aliphatic rings. The number of amides is 1. The van der Waals surface area contributed by atoms with E-state index in [1.54, 1.807) is 36.1 Å². The van der Waals surface area contributed by atoms with Crippen LogP contribution in [0.4, 0.5) is 20.3 Å². The Hall–Kier alpha value is -4.34. The molecule has 5 rings (SSSR count). The third-order valence-electron chi connectivity index (χ3n) is 6.75. The second kappa shape index (κ2) is 10.6. The van der Waals surface area contributed by atoms with Crippen LogP contribution in [-0.2, 0) is 4.74 Å². The summed E-state index contributed by atoms with van der Waals surface area (Å²) in [5.41, 5.74) is 2.54. The Morgan fingerprint density at radius 1 is 1.05 bits per heavy atom. The van der Waals surface area contributed by atoms with Crippen LogP contribution in [0.15, 0.2) is 54.9 Å². The Bertz CT molecular complexity index is 1490. The Kier molecular flexibility index (Phi) is 7.04. The maximum Gasteiger partial charge on any atom is 0.343 e. The van der Waals surface area contributed by atoms with Crippen LogP contribution >= 0.6 is 0 Å². The summed E-state index contributed by atoms with van der Waals surface area (Å²) in [5, 5.41) is 7.30. The molecule has 0 radical (unpaired) electrons. The van der Waals surface area contributed by atoms with Gasteiger partial charge >= 0.3 is 5.97 Å². The molecule has 0 bridgehead atoms. The molecule has 2 aromatic heterocycles. The summed E-state index contributed by atoms with van der Waals surface area (Å²) in [6.07, 6.45) is 4.14. The fourth-order valence-corrected chi connectivity index (χ4v) is 4.74. The van der Waals surface area contributed by atoms with E-state index in [-0.39, 0.29) is 52.5 Å². The van der Waals surface area contributed by atoms with Crippen LogP contribution in [0.3, 0.4) is 0 Å². The van der Waals surface area contributed by atoms with Gasteiger partial charge in [-0.3, -0.25) is 4.79 Å². The van der Waals surface area contributed by atoms with Crippen LogP contribution in [0.2, 0.25) is 0 Å². The fraction of sp³-hybridized carbons (Fsp3) is 0.286. The third-order valence-corrected chi connectivity index (χ3v) is 6.75. The van der Waals surface area contributed by atoms with Crippen molar-refractivity contribution in [1.82, 2.24) is 19.5 Å². The minimum Gasteiger partial charge on any atom is -0.462 e. The number of rotatable bonds is 6. The topological polar surface area (TPSA) is 88.8 Å². The molecule has 2 aromatic carbocycles. The Labute approximate surface area is 218 Å². The maximum absolute atomic E-state index is 14.7. The van der Waals surface area contributed by atoms with E-state index in [0.717, 1.165) is 24.0 Å². The number of halogens is 2. The molecule has 0 saturated carbocycles. The van der Waals surface area contributed by atoms with Crippen molar-refractivity contribution in [3.63, 3.8) is 0 Å². The van der Waals surface area contributed by atoms with E-state index in [0.29, 0.717) is 13.1 Å². The molecule has 1 N–H and O–H groups in total. The molecule has 196 valence electrons. The molecule has 3 heterocycles. The third kappa shape index (κ3) is 4.93. The van der Waals surface area contributed by atoms with Gasteiger partial charge in [0.2, 0.25) is 0 Å². The average molecular weight is 520 g/mol. The van der Waals surface area contributed by atoms with Gasteiger partial charge in [-0.05, 0) is 68.0 Å². The van der Waals surface area contributed by atoms with Gasteiger partial charge < -0.3 is 15.0 Å². The number of piperidine rings is 1. The molecule has 10 heteroatoms.